The number of rotatable bonds is 3. The number of nitrogens with zero attached hydrogens (tertiary/aromatic N) is 4. The SMILES string of the molecule is COc1c(CN=C(N)N(C)C)c(C)nn1C. The Morgan fingerprint density at radius 1 is 1.56 bits per heavy atom. The zero-order valence-corrected chi connectivity index (χ0v) is 10.5. The molecule has 1 rings (SSSR count). The van der Waals surface area contributed by atoms with Crippen LogP contribution in [0.5, 0.6) is 5.88 Å². The predicted molar refractivity (Wildman–Crippen MR) is 63.5 cm³/mol. The first-order valence-corrected chi connectivity index (χ1v) is 5.01. The van der Waals surface area contributed by atoms with E-state index in [0.29, 0.717) is 12.5 Å². The topological polar surface area (TPSA) is 68.7 Å². The van der Waals surface area contributed by atoms with E-state index in [-0.39, 0.29) is 0 Å². The van der Waals surface area contributed by atoms with E-state index < -0.39 is 0 Å². The average molecular weight is 225 g/mol. The molecule has 0 amide bonds. The van der Waals surface area contributed by atoms with Crippen molar-refractivity contribution in [3.05, 3.63) is 11.3 Å². The number of ether oxygens (including phenoxy) is 1. The van der Waals surface area contributed by atoms with Gasteiger partial charge in [0.2, 0.25) is 5.88 Å². The van der Waals surface area contributed by atoms with Crippen molar-refractivity contribution in [1.82, 2.24) is 14.7 Å². The van der Waals surface area contributed by atoms with Crippen molar-refractivity contribution in [2.75, 3.05) is 21.2 Å². The first-order valence-electron chi connectivity index (χ1n) is 5.01. The molecule has 0 aromatic carbocycles. The molecule has 0 fully saturated rings. The van der Waals surface area contributed by atoms with Gasteiger partial charge in [-0.2, -0.15) is 5.10 Å². The first-order chi connectivity index (χ1) is 7.47. The number of aryl methyl sites for hydroxylation is 2. The van der Waals surface area contributed by atoms with E-state index in [9.17, 15) is 0 Å². The third-order valence-electron chi connectivity index (χ3n) is 2.34. The molecule has 1 heterocycles. The lowest BCUT2D eigenvalue weighted by Gasteiger charge is -2.10. The summed E-state index contributed by atoms with van der Waals surface area (Å²) in [5.41, 5.74) is 7.60. The van der Waals surface area contributed by atoms with Crippen LogP contribution in [-0.2, 0) is 13.6 Å². The van der Waals surface area contributed by atoms with Crippen molar-refractivity contribution in [3.63, 3.8) is 0 Å². The summed E-state index contributed by atoms with van der Waals surface area (Å²) in [6.45, 7) is 2.41. The second kappa shape index (κ2) is 4.87. The minimum atomic E-state index is 0.479. The van der Waals surface area contributed by atoms with Gasteiger partial charge in [-0.3, -0.25) is 0 Å². The number of nitrogens with two attached hydrogens (primary N) is 1. The van der Waals surface area contributed by atoms with Crippen molar-refractivity contribution >= 4 is 5.96 Å². The van der Waals surface area contributed by atoms with Gasteiger partial charge >= 0.3 is 0 Å². The highest BCUT2D eigenvalue weighted by Gasteiger charge is 2.13. The standard InChI is InChI=1S/C10H19N5O/c1-7-8(6-12-10(11)14(2)3)9(16-5)15(4)13-7/h6H2,1-5H3,(H2,11,12). The molecule has 0 bridgehead atoms. The summed E-state index contributed by atoms with van der Waals surface area (Å²) >= 11 is 0. The van der Waals surface area contributed by atoms with Crippen LogP contribution < -0.4 is 10.5 Å². The van der Waals surface area contributed by atoms with Crippen molar-refractivity contribution in [2.45, 2.75) is 13.5 Å². The van der Waals surface area contributed by atoms with Crippen LogP contribution in [0.4, 0.5) is 0 Å². The van der Waals surface area contributed by atoms with Gasteiger partial charge in [-0.1, -0.05) is 0 Å². The lowest BCUT2D eigenvalue weighted by Crippen LogP contribution is -2.30. The summed E-state index contributed by atoms with van der Waals surface area (Å²) in [5, 5.41) is 4.27. The van der Waals surface area contributed by atoms with Crippen LogP contribution in [0, 0.1) is 6.92 Å². The third-order valence-corrected chi connectivity index (χ3v) is 2.34. The van der Waals surface area contributed by atoms with Crippen molar-refractivity contribution in [1.29, 1.82) is 0 Å². The van der Waals surface area contributed by atoms with Crippen molar-refractivity contribution in [2.24, 2.45) is 17.8 Å². The van der Waals surface area contributed by atoms with Gasteiger partial charge in [-0.15, -0.1) is 0 Å². The Morgan fingerprint density at radius 2 is 2.19 bits per heavy atom. The summed E-state index contributed by atoms with van der Waals surface area (Å²) in [6.07, 6.45) is 0. The minimum Gasteiger partial charge on any atom is -0.481 e. The molecule has 0 radical (unpaired) electrons. The zero-order valence-electron chi connectivity index (χ0n) is 10.5. The molecule has 6 nitrogen and oxygen atoms in total. The van der Waals surface area contributed by atoms with Crippen LogP contribution >= 0.6 is 0 Å². The maximum Gasteiger partial charge on any atom is 0.216 e. The van der Waals surface area contributed by atoms with Crippen LogP contribution in [0.3, 0.4) is 0 Å². The molecular weight excluding hydrogens is 206 g/mol. The minimum absolute atomic E-state index is 0.479. The van der Waals surface area contributed by atoms with E-state index in [1.54, 1.807) is 16.7 Å². The molecule has 6 heteroatoms. The molecule has 90 valence electrons. The van der Waals surface area contributed by atoms with Gasteiger partial charge in [-0.05, 0) is 6.92 Å². The summed E-state index contributed by atoms with van der Waals surface area (Å²) in [5.74, 6) is 1.22. The van der Waals surface area contributed by atoms with Gasteiger partial charge in [-0.25, -0.2) is 9.67 Å². The van der Waals surface area contributed by atoms with Gasteiger partial charge in [0.1, 0.15) is 0 Å². The number of aliphatic imine (C=N–C) groups is 1. The van der Waals surface area contributed by atoms with E-state index >= 15 is 0 Å². The Balaban J connectivity index is 2.93. The van der Waals surface area contributed by atoms with E-state index in [1.165, 1.54) is 0 Å². The lowest BCUT2D eigenvalue weighted by atomic mass is 10.2. The Hall–Kier alpha value is -1.72. The summed E-state index contributed by atoms with van der Waals surface area (Å²) in [6, 6.07) is 0. The van der Waals surface area contributed by atoms with E-state index in [4.69, 9.17) is 10.5 Å². The van der Waals surface area contributed by atoms with Gasteiger partial charge < -0.3 is 15.4 Å². The summed E-state index contributed by atoms with van der Waals surface area (Å²) in [7, 11) is 7.17. The van der Waals surface area contributed by atoms with E-state index in [0.717, 1.165) is 17.1 Å². The number of methoxy groups -OCH3 is 1. The van der Waals surface area contributed by atoms with Gasteiger partial charge in [0.25, 0.3) is 0 Å². The molecular formula is C10H19N5O. The molecule has 0 unspecified atom stereocenters. The molecule has 0 saturated heterocycles. The average Bonchev–Trinajstić information content (AvgIpc) is 2.48. The lowest BCUT2D eigenvalue weighted by molar-refractivity contribution is 0.369. The molecule has 0 aliphatic carbocycles. The fraction of sp³-hybridized carbons (Fsp3) is 0.600. The highest BCUT2D eigenvalue weighted by molar-refractivity contribution is 5.77. The maximum absolute atomic E-state index is 5.72. The summed E-state index contributed by atoms with van der Waals surface area (Å²) in [4.78, 5) is 6.03. The largest absolute Gasteiger partial charge is 0.481 e. The van der Waals surface area contributed by atoms with E-state index in [1.807, 2.05) is 28.1 Å². The molecule has 1 aromatic rings. The molecule has 2 N–H and O–H groups in total. The molecule has 0 saturated carbocycles. The monoisotopic (exact) mass is 225 g/mol. The maximum atomic E-state index is 5.72. The Morgan fingerprint density at radius 3 is 2.69 bits per heavy atom. The first kappa shape index (κ1) is 12.4. The molecule has 0 aliphatic heterocycles. The molecule has 16 heavy (non-hydrogen) atoms. The van der Waals surface area contributed by atoms with Crippen LogP contribution in [0.2, 0.25) is 0 Å². The van der Waals surface area contributed by atoms with Gasteiger partial charge in [0.15, 0.2) is 5.96 Å². The number of guanidine groups is 1. The van der Waals surface area contributed by atoms with Crippen LogP contribution in [0.25, 0.3) is 0 Å². The second-order valence-electron chi connectivity index (χ2n) is 3.77. The fourth-order valence-corrected chi connectivity index (χ4v) is 1.42. The highest BCUT2D eigenvalue weighted by Crippen LogP contribution is 2.21. The smallest absolute Gasteiger partial charge is 0.216 e. The second-order valence-corrected chi connectivity index (χ2v) is 3.77. The third kappa shape index (κ3) is 2.44. The normalized spacial score (nSPS) is 11.7. The van der Waals surface area contributed by atoms with Gasteiger partial charge in [0.05, 0.1) is 24.9 Å². The quantitative estimate of drug-likeness (QED) is 0.585. The summed E-state index contributed by atoms with van der Waals surface area (Å²) < 4.78 is 6.97. The van der Waals surface area contributed by atoms with E-state index in [2.05, 4.69) is 10.1 Å². The fourth-order valence-electron chi connectivity index (χ4n) is 1.42. The van der Waals surface area contributed by atoms with Crippen molar-refractivity contribution < 1.29 is 4.74 Å². The number of hydrogen-bond acceptors (Lipinski definition) is 3. The van der Waals surface area contributed by atoms with Crippen LogP contribution in [0.1, 0.15) is 11.3 Å². The zero-order chi connectivity index (χ0) is 12.3. The molecule has 1 aromatic heterocycles. The molecule has 0 spiro atoms. The Labute approximate surface area is 95.7 Å². The van der Waals surface area contributed by atoms with Crippen LogP contribution in [0.15, 0.2) is 4.99 Å². The molecule has 0 aliphatic rings. The van der Waals surface area contributed by atoms with Crippen molar-refractivity contribution in [3.8, 4) is 5.88 Å². The van der Waals surface area contributed by atoms with Crippen LogP contribution in [-0.4, -0.2) is 41.8 Å². The predicted octanol–water partition coefficient (Wildman–Crippen LogP) is 0.113. The molecule has 0 atom stereocenters. The van der Waals surface area contributed by atoms with Gasteiger partial charge in [0, 0.05) is 21.1 Å². The number of aromatic nitrogens is 2. The highest BCUT2D eigenvalue weighted by atomic mass is 16.5. The number of hydrogen-bond donors (Lipinski definition) is 1. The Bertz CT molecular complexity index is 394. The Kier molecular flexibility index (Phi) is 3.76.